The van der Waals surface area contributed by atoms with Gasteiger partial charge in [0.05, 0.1) is 18.0 Å². The van der Waals surface area contributed by atoms with E-state index in [4.69, 9.17) is 4.52 Å². The number of hydrogen-bond acceptors (Lipinski definition) is 5. The molecular formula is C22H20F4N4O2. The van der Waals surface area contributed by atoms with Crippen LogP contribution in [0.5, 0.6) is 0 Å². The summed E-state index contributed by atoms with van der Waals surface area (Å²) in [6, 6.07) is 10.2. The molecule has 1 saturated heterocycles. The molecule has 168 valence electrons. The summed E-state index contributed by atoms with van der Waals surface area (Å²) in [4.78, 5) is 18.7. The minimum Gasteiger partial charge on any atom is -0.339 e. The third-order valence-electron chi connectivity index (χ3n) is 5.24. The first-order valence-corrected chi connectivity index (χ1v) is 10.1. The van der Waals surface area contributed by atoms with Crippen molar-refractivity contribution < 1.29 is 26.9 Å². The van der Waals surface area contributed by atoms with Crippen molar-refractivity contribution in [3.05, 3.63) is 65.8 Å². The van der Waals surface area contributed by atoms with Gasteiger partial charge in [0.25, 0.3) is 0 Å². The smallest absolute Gasteiger partial charge is 0.339 e. The standard InChI is InChI=1S/C22H20F4N4O2/c23-17-5-1-3-14(11-17)20-28-21(32-29-20)15-4-2-10-30(12-15)13-19(31)27-18-8-6-16(7-9-18)22(24,25)26/h1,3,5-9,11,15H,2,4,10,12-13H2,(H,27,31). The molecule has 1 fully saturated rings. The second kappa shape index (κ2) is 9.07. The molecule has 2 aromatic carbocycles. The van der Waals surface area contributed by atoms with E-state index >= 15 is 0 Å². The van der Waals surface area contributed by atoms with Gasteiger partial charge in [0.1, 0.15) is 5.82 Å². The molecule has 3 aromatic rings. The Balaban J connectivity index is 1.34. The monoisotopic (exact) mass is 448 g/mol. The van der Waals surface area contributed by atoms with Crippen LogP contribution in [-0.2, 0) is 11.0 Å². The van der Waals surface area contributed by atoms with Crippen molar-refractivity contribution in [2.45, 2.75) is 24.9 Å². The maximum atomic E-state index is 13.4. The summed E-state index contributed by atoms with van der Waals surface area (Å²) in [5.41, 5.74) is 0.0447. The van der Waals surface area contributed by atoms with Crippen molar-refractivity contribution in [3.8, 4) is 11.4 Å². The number of hydrogen-bond donors (Lipinski definition) is 1. The molecule has 2 heterocycles. The molecule has 1 aromatic heterocycles. The largest absolute Gasteiger partial charge is 0.416 e. The average Bonchev–Trinajstić information content (AvgIpc) is 3.24. The lowest BCUT2D eigenvalue weighted by molar-refractivity contribution is -0.137. The first kappa shape index (κ1) is 21.9. The minimum absolute atomic E-state index is 0.0718. The second-order valence-corrected chi connectivity index (χ2v) is 7.66. The van der Waals surface area contributed by atoms with E-state index < -0.39 is 17.6 Å². The Morgan fingerprint density at radius 1 is 1.19 bits per heavy atom. The van der Waals surface area contributed by atoms with E-state index in [0.29, 0.717) is 36.1 Å². The van der Waals surface area contributed by atoms with Gasteiger partial charge in [-0.2, -0.15) is 18.2 Å². The number of anilines is 1. The second-order valence-electron chi connectivity index (χ2n) is 7.66. The van der Waals surface area contributed by atoms with Crippen LogP contribution in [0.15, 0.2) is 53.1 Å². The highest BCUT2D eigenvalue weighted by atomic mass is 19.4. The molecule has 0 spiro atoms. The lowest BCUT2D eigenvalue weighted by Gasteiger charge is -2.30. The lowest BCUT2D eigenvalue weighted by atomic mass is 9.98. The van der Waals surface area contributed by atoms with Crippen LogP contribution in [0.3, 0.4) is 0 Å². The molecule has 0 saturated carbocycles. The van der Waals surface area contributed by atoms with Crippen LogP contribution in [0.4, 0.5) is 23.2 Å². The Hall–Kier alpha value is -3.27. The van der Waals surface area contributed by atoms with Crippen LogP contribution in [0.2, 0.25) is 0 Å². The number of nitrogens with one attached hydrogen (secondary N) is 1. The van der Waals surface area contributed by atoms with E-state index in [2.05, 4.69) is 15.5 Å². The number of amides is 1. The quantitative estimate of drug-likeness (QED) is 0.573. The van der Waals surface area contributed by atoms with Crippen molar-refractivity contribution in [3.63, 3.8) is 0 Å². The predicted octanol–water partition coefficient (Wildman–Crippen LogP) is 4.71. The molecule has 32 heavy (non-hydrogen) atoms. The third kappa shape index (κ3) is 5.31. The third-order valence-corrected chi connectivity index (χ3v) is 5.24. The van der Waals surface area contributed by atoms with Gasteiger partial charge < -0.3 is 9.84 Å². The van der Waals surface area contributed by atoms with Crippen LogP contribution >= 0.6 is 0 Å². The number of alkyl halides is 3. The van der Waals surface area contributed by atoms with Crippen LogP contribution in [0.1, 0.15) is 30.2 Å². The molecule has 1 N–H and O–H groups in total. The van der Waals surface area contributed by atoms with Gasteiger partial charge in [0, 0.05) is 17.8 Å². The number of aromatic nitrogens is 2. The fraction of sp³-hybridized carbons (Fsp3) is 0.318. The van der Waals surface area contributed by atoms with Crippen LogP contribution in [0, 0.1) is 5.82 Å². The molecule has 1 aliphatic rings. The zero-order chi connectivity index (χ0) is 22.7. The van der Waals surface area contributed by atoms with E-state index in [9.17, 15) is 22.4 Å². The zero-order valence-electron chi connectivity index (χ0n) is 16.9. The Labute approximate surface area is 181 Å². The zero-order valence-corrected chi connectivity index (χ0v) is 16.9. The van der Waals surface area contributed by atoms with Crippen molar-refractivity contribution in [1.82, 2.24) is 15.0 Å². The van der Waals surface area contributed by atoms with Gasteiger partial charge in [-0.3, -0.25) is 9.69 Å². The van der Waals surface area contributed by atoms with Gasteiger partial charge in [-0.05, 0) is 55.8 Å². The normalized spacial score (nSPS) is 17.3. The molecule has 1 atom stereocenters. The average molecular weight is 448 g/mol. The molecule has 1 unspecified atom stereocenters. The molecule has 4 rings (SSSR count). The van der Waals surface area contributed by atoms with Crippen molar-refractivity contribution in [1.29, 1.82) is 0 Å². The van der Waals surface area contributed by atoms with E-state index in [0.717, 1.165) is 25.0 Å². The van der Waals surface area contributed by atoms with Crippen molar-refractivity contribution >= 4 is 11.6 Å². The van der Waals surface area contributed by atoms with Gasteiger partial charge in [-0.15, -0.1) is 0 Å². The van der Waals surface area contributed by atoms with Gasteiger partial charge in [0.15, 0.2) is 0 Å². The van der Waals surface area contributed by atoms with E-state index in [-0.39, 0.29) is 18.4 Å². The summed E-state index contributed by atoms with van der Waals surface area (Å²) < 4.78 is 56.8. The number of rotatable bonds is 5. The first-order chi connectivity index (χ1) is 15.3. The Morgan fingerprint density at radius 3 is 2.69 bits per heavy atom. The number of carbonyl (C=O) groups is 1. The van der Waals surface area contributed by atoms with E-state index in [1.807, 2.05) is 4.90 Å². The van der Waals surface area contributed by atoms with Crippen LogP contribution in [-0.4, -0.2) is 40.6 Å². The Kier molecular flexibility index (Phi) is 6.22. The maximum absolute atomic E-state index is 13.4. The molecule has 10 heteroatoms. The highest BCUT2D eigenvalue weighted by Crippen LogP contribution is 2.30. The summed E-state index contributed by atoms with van der Waals surface area (Å²) in [5, 5.41) is 6.56. The fourth-order valence-electron chi connectivity index (χ4n) is 3.69. The number of halogens is 4. The van der Waals surface area contributed by atoms with Crippen molar-refractivity contribution in [2.75, 3.05) is 25.0 Å². The molecular weight excluding hydrogens is 428 g/mol. The summed E-state index contributed by atoms with van der Waals surface area (Å²) in [6.45, 7) is 1.30. The maximum Gasteiger partial charge on any atom is 0.416 e. The van der Waals surface area contributed by atoms with Gasteiger partial charge in [-0.1, -0.05) is 17.3 Å². The Bertz CT molecular complexity index is 1080. The van der Waals surface area contributed by atoms with Crippen LogP contribution in [0.25, 0.3) is 11.4 Å². The Morgan fingerprint density at radius 2 is 1.97 bits per heavy atom. The van der Waals surface area contributed by atoms with E-state index in [1.165, 1.54) is 24.3 Å². The summed E-state index contributed by atoms with van der Waals surface area (Å²) in [7, 11) is 0. The number of likely N-dealkylation sites (tertiary alicyclic amines) is 1. The first-order valence-electron chi connectivity index (χ1n) is 10.1. The van der Waals surface area contributed by atoms with Crippen LogP contribution < -0.4 is 5.32 Å². The van der Waals surface area contributed by atoms with E-state index in [1.54, 1.807) is 12.1 Å². The fourth-order valence-corrected chi connectivity index (χ4v) is 3.69. The summed E-state index contributed by atoms with van der Waals surface area (Å²) in [5.74, 6) is -0.0562. The molecule has 6 nitrogen and oxygen atoms in total. The molecule has 0 radical (unpaired) electrons. The summed E-state index contributed by atoms with van der Waals surface area (Å²) in [6.07, 6.45) is -2.80. The molecule has 0 bridgehead atoms. The number of carbonyl (C=O) groups excluding carboxylic acids is 1. The van der Waals surface area contributed by atoms with Gasteiger partial charge >= 0.3 is 6.18 Å². The molecule has 0 aliphatic carbocycles. The lowest BCUT2D eigenvalue weighted by Crippen LogP contribution is -2.39. The van der Waals surface area contributed by atoms with Gasteiger partial charge in [0.2, 0.25) is 17.6 Å². The number of benzene rings is 2. The summed E-state index contributed by atoms with van der Waals surface area (Å²) >= 11 is 0. The number of nitrogens with zero attached hydrogens (tertiary/aromatic N) is 3. The van der Waals surface area contributed by atoms with Gasteiger partial charge in [-0.25, -0.2) is 4.39 Å². The highest BCUT2D eigenvalue weighted by molar-refractivity contribution is 5.92. The minimum atomic E-state index is -4.42. The highest BCUT2D eigenvalue weighted by Gasteiger charge is 2.30. The molecule has 1 aliphatic heterocycles. The SMILES string of the molecule is O=C(CN1CCCC(c2nc(-c3cccc(F)c3)no2)C1)Nc1ccc(C(F)(F)F)cc1. The van der Waals surface area contributed by atoms with Crippen molar-refractivity contribution in [2.24, 2.45) is 0 Å². The number of piperidine rings is 1. The molecule has 1 amide bonds. The predicted molar refractivity (Wildman–Crippen MR) is 108 cm³/mol. The topological polar surface area (TPSA) is 71.3 Å².